The Labute approximate surface area is 112 Å². The maximum atomic E-state index is 9.15. The van der Waals surface area contributed by atoms with E-state index in [2.05, 4.69) is 39.7 Å². The molecule has 5 nitrogen and oxygen atoms in total. The maximum absolute atomic E-state index is 9.15. The number of imidazole rings is 1. The minimum Gasteiger partial charge on any atom is -0.394 e. The summed E-state index contributed by atoms with van der Waals surface area (Å²) in [6.45, 7) is 5.30. The highest BCUT2D eigenvalue weighted by Gasteiger charge is 2.20. The van der Waals surface area contributed by atoms with E-state index in [0.717, 1.165) is 31.0 Å². The van der Waals surface area contributed by atoms with E-state index in [4.69, 9.17) is 9.84 Å². The highest BCUT2D eigenvalue weighted by atomic mass is 16.5. The van der Waals surface area contributed by atoms with Crippen LogP contribution in [0.15, 0.2) is 24.5 Å². The Hall–Kier alpha value is -1.43. The molecule has 19 heavy (non-hydrogen) atoms. The van der Waals surface area contributed by atoms with Gasteiger partial charge in [-0.2, -0.15) is 0 Å². The molecule has 1 fully saturated rings. The third-order valence-electron chi connectivity index (χ3n) is 3.46. The smallest absolute Gasteiger partial charge is 0.137 e. The van der Waals surface area contributed by atoms with Gasteiger partial charge in [0.05, 0.1) is 25.0 Å². The van der Waals surface area contributed by atoms with Crippen molar-refractivity contribution in [2.45, 2.75) is 19.6 Å². The van der Waals surface area contributed by atoms with E-state index in [1.807, 2.05) is 6.07 Å². The van der Waals surface area contributed by atoms with Crippen LogP contribution >= 0.6 is 0 Å². The van der Waals surface area contributed by atoms with Gasteiger partial charge in [-0.1, -0.05) is 6.07 Å². The molecule has 1 N–H and O–H groups in total. The molecule has 1 saturated heterocycles. The van der Waals surface area contributed by atoms with Crippen LogP contribution in [-0.2, 0) is 11.3 Å². The van der Waals surface area contributed by atoms with Crippen LogP contribution in [0.4, 0.5) is 0 Å². The number of morpholine rings is 1. The van der Waals surface area contributed by atoms with Gasteiger partial charge in [-0.25, -0.2) is 4.98 Å². The van der Waals surface area contributed by atoms with Crippen LogP contribution in [0.5, 0.6) is 0 Å². The first-order valence-corrected chi connectivity index (χ1v) is 6.63. The molecular weight excluding hydrogens is 242 g/mol. The molecule has 3 heterocycles. The van der Waals surface area contributed by atoms with Crippen LogP contribution in [0.2, 0.25) is 0 Å². The second kappa shape index (κ2) is 5.28. The van der Waals surface area contributed by atoms with Crippen molar-refractivity contribution in [3.05, 3.63) is 35.8 Å². The second-order valence-electron chi connectivity index (χ2n) is 5.11. The van der Waals surface area contributed by atoms with E-state index in [1.165, 1.54) is 5.56 Å². The topological polar surface area (TPSA) is 50.0 Å². The average Bonchev–Trinajstić information content (AvgIpc) is 2.80. The molecule has 102 valence electrons. The number of aliphatic hydroxyl groups is 1. The lowest BCUT2D eigenvalue weighted by Crippen LogP contribution is -2.43. The summed E-state index contributed by atoms with van der Waals surface area (Å²) in [6, 6.07) is 4.11. The van der Waals surface area contributed by atoms with Gasteiger partial charge < -0.3 is 14.2 Å². The summed E-state index contributed by atoms with van der Waals surface area (Å²) in [6.07, 6.45) is 4.10. The molecule has 0 aromatic carbocycles. The molecule has 0 bridgehead atoms. The van der Waals surface area contributed by atoms with Gasteiger partial charge in [0.2, 0.25) is 0 Å². The van der Waals surface area contributed by atoms with Crippen LogP contribution in [0, 0.1) is 6.92 Å². The number of aryl methyl sites for hydroxylation is 1. The summed E-state index contributed by atoms with van der Waals surface area (Å²) >= 11 is 0. The molecule has 3 rings (SSSR count). The van der Waals surface area contributed by atoms with Gasteiger partial charge in [-0.15, -0.1) is 0 Å². The van der Waals surface area contributed by atoms with E-state index >= 15 is 0 Å². The van der Waals surface area contributed by atoms with Crippen molar-refractivity contribution < 1.29 is 9.84 Å². The van der Waals surface area contributed by atoms with E-state index in [1.54, 1.807) is 0 Å². The molecule has 0 aliphatic carbocycles. The van der Waals surface area contributed by atoms with Gasteiger partial charge in [0.25, 0.3) is 0 Å². The minimum atomic E-state index is -0.0620. The molecule has 2 aromatic rings. The lowest BCUT2D eigenvalue weighted by molar-refractivity contribution is -0.0553. The van der Waals surface area contributed by atoms with Crippen molar-refractivity contribution in [1.82, 2.24) is 14.3 Å². The number of aromatic nitrogens is 2. The molecule has 1 aliphatic heterocycles. The molecule has 5 heteroatoms. The van der Waals surface area contributed by atoms with Crippen molar-refractivity contribution in [2.24, 2.45) is 0 Å². The summed E-state index contributed by atoms with van der Waals surface area (Å²) < 4.78 is 7.52. The molecular formula is C14H19N3O2. The first kappa shape index (κ1) is 12.6. The van der Waals surface area contributed by atoms with Gasteiger partial charge >= 0.3 is 0 Å². The van der Waals surface area contributed by atoms with Crippen molar-refractivity contribution in [3.8, 4) is 0 Å². The molecule has 0 amide bonds. The fraction of sp³-hybridized carbons (Fsp3) is 0.500. The number of nitrogens with zero attached hydrogens (tertiary/aromatic N) is 3. The quantitative estimate of drug-likeness (QED) is 0.889. The summed E-state index contributed by atoms with van der Waals surface area (Å²) in [5.41, 5.74) is 3.26. The molecule has 0 spiro atoms. The Morgan fingerprint density at radius 3 is 3.16 bits per heavy atom. The summed E-state index contributed by atoms with van der Waals surface area (Å²) in [5.74, 6) is 0. The van der Waals surface area contributed by atoms with Crippen LogP contribution in [0.3, 0.4) is 0 Å². The van der Waals surface area contributed by atoms with Crippen LogP contribution < -0.4 is 0 Å². The first-order valence-electron chi connectivity index (χ1n) is 6.63. The van der Waals surface area contributed by atoms with Crippen molar-refractivity contribution in [3.63, 3.8) is 0 Å². The zero-order chi connectivity index (χ0) is 13.2. The van der Waals surface area contributed by atoms with Crippen LogP contribution in [0.1, 0.15) is 11.3 Å². The third kappa shape index (κ3) is 2.78. The number of hydrogen-bond acceptors (Lipinski definition) is 4. The van der Waals surface area contributed by atoms with Gasteiger partial charge in [-0.3, -0.25) is 4.90 Å². The largest absolute Gasteiger partial charge is 0.394 e. The minimum absolute atomic E-state index is 0.0620. The first-order chi connectivity index (χ1) is 9.24. The lowest BCUT2D eigenvalue weighted by Gasteiger charge is -2.31. The lowest BCUT2D eigenvalue weighted by atomic mass is 10.2. The monoisotopic (exact) mass is 261 g/mol. The normalized spacial score (nSPS) is 21.1. The second-order valence-corrected chi connectivity index (χ2v) is 5.11. The number of ether oxygens (including phenoxy) is 1. The van der Waals surface area contributed by atoms with E-state index < -0.39 is 0 Å². The molecule has 1 aliphatic rings. The van der Waals surface area contributed by atoms with Gasteiger partial charge in [0.15, 0.2) is 0 Å². The summed E-state index contributed by atoms with van der Waals surface area (Å²) in [4.78, 5) is 6.89. The van der Waals surface area contributed by atoms with Crippen molar-refractivity contribution in [2.75, 3.05) is 26.3 Å². The number of rotatable bonds is 3. The third-order valence-corrected chi connectivity index (χ3v) is 3.46. The summed E-state index contributed by atoms with van der Waals surface area (Å²) in [5, 5.41) is 9.15. The number of pyridine rings is 1. The fourth-order valence-electron chi connectivity index (χ4n) is 2.50. The number of hydrogen-bond donors (Lipinski definition) is 1. The maximum Gasteiger partial charge on any atom is 0.137 e. The fourth-order valence-corrected chi connectivity index (χ4v) is 2.50. The van der Waals surface area contributed by atoms with Crippen molar-refractivity contribution in [1.29, 1.82) is 0 Å². The number of aliphatic hydroxyl groups excluding tert-OH is 1. The highest BCUT2D eigenvalue weighted by Crippen LogP contribution is 2.12. The predicted octanol–water partition coefficient (Wildman–Crippen LogP) is 0.836. The van der Waals surface area contributed by atoms with Gasteiger partial charge in [0, 0.05) is 32.0 Å². The van der Waals surface area contributed by atoms with Crippen molar-refractivity contribution >= 4 is 5.65 Å². The summed E-state index contributed by atoms with van der Waals surface area (Å²) in [7, 11) is 0. The van der Waals surface area contributed by atoms with Crippen LogP contribution in [-0.4, -0.2) is 51.8 Å². The Bertz CT molecular complexity index is 567. The SMILES string of the molecule is Cc1ccc2nc(CN3CCOC(CO)C3)cn2c1. The highest BCUT2D eigenvalue weighted by molar-refractivity contribution is 5.41. The molecule has 0 saturated carbocycles. The Kier molecular flexibility index (Phi) is 3.50. The Balaban J connectivity index is 1.74. The zero-order valence-electron chi connectivity index (χ0n) is 11.1. The zero-order valence-corrected chi connectivity index (χ0v) is 11.1. The van der Waals surface area contributed by atoms with Crippen LogP contribution in [0.25, 0.3) is 5.65 Å². The standard InChI is InChI=1S/C14H19N3O2/c1-11-2-3-14-15-12(8-17(14)6-11)7-16-4-5-19-13(9-16)10-18/h2-3,6,8,13,18H,4-5,7,9-10H2,1H3. The van der Waals surface area contributed by atoms with E-state index in [9.17, 15) is 0 Å². The average molecular weight is 261 g/mol. The molecule has 1 unspecified atom stereocenters. The van der Waals surface area contributed by atoms with E-state index in [0.29, 0.717) is 6.61 Å². The number of fused-ring (bicyclic) bond motifs is 1. The Morgan fingerprint density at radius 1 is 1.42 bits per heavy atom. The Morgan fingerprint density at radius 2 is 2.32 bits per heavy atom. The molecule has 1 atom stereocenters. The molecule has 2 aromatic heterocycles. The molecule has 0 radical (unpaired) electrons. The van der Waals surface area contributed by atoms with E-state index in [-0.39, 0.29) is 12.7 Å². The predicted molar refractivity (Wildman–Crippen MR) is 72.0 cm³/mol. The van der Waals surface area contributed by atoms with Gasteiger partial charge in [-0.05, 0) is 18.6 Å². The van der Waals surface area contributed by atoms with Gasteiger partial charge in [0.1, 0.15) is 5.65 Å².